The van der Waals surface area contributed by atoms with Gasteiger partial charge < -0.3 is 10.2 Å². The Labute approximate surface area is 203 Å². The summed E-state index contributed by atoms with van der Waals surface area (Å²) in [5.41, 5.74) is 2.79. The number of fused-ring (bicyclic) bond motifs is 1. The summed E-state index contributed by atoms with van der Waals surface area (Å²) in [7, 11) is -3.75. The standard InChI is InChI=1S/C24H28BrN3O4S/c1-17(29)28-14-10-20-15-21(25)23(16-22(20)28)33(31,32)27-12-8-19(9-13-27)24(30)26-11-7-18-5-3-2-4-6-18/h2-6,15-16,19H,7-14H2,1H3,(H,26,30). The van der Waals surface area contributed by atoms with Gasteiger partial charge >= 0.3 is 0 Å². The number of amides is 2. The molecule has 1 fully saturated rings. The molecule has 4 rings (SSSR count). The molecule has 0 radical (unpaired) electrons. The molecule has 0 aromatic heterocycles. The maximum Gasteiger partial charge on any atom is 0.244 e. The van der Waals surface area contributed by atoms with Crippen molar-refractivity contribution in [3.8, 4) is 0 Å². The van der Waals surface area contributed by atoms with Crippen LogP contribution < -0.4 is 10.2 Å². The lowest BCUT2D eigenvalue weighted by molar-refractivity contribution is -0.126. The van der Waals surface area contributed by atoms with E-state index in [4.69, 9.17) is 0 Å². The molecule has 2 aliphatic heterocycles. The summed E-state index contributed by atoms with van der Waals surface area (Å²) < 4.78 is 28.7. The third-order valence-corrected chi connectivity index (χ3v) is 9.26. The minimum absolute atomic E-state index is 0.0150. The number of carbonyl (C=O) groups is 2. The van der Waals surface area contributed by atoms with Crippen LogP contribution in [0.25, 0.3) is 0 Å². The van der Waals surface area contributed by atoms with Gasteiger partial charge in [-0.2, -0.15) is 4.31 Å². The van der Waals surface area contributed by atoms with Crippen LogP contribution in [0.1, 0.15) is 30.9 Å². The first-order valence-corrected chi connectivity index (χ1v) is 13.4. The van der Waals surface area contributed by atoms with Gasteiger partial charge in [-0.3, -0.25) is 9.59 Å². The van der Waals surface area contributed by atoms with Crippen molar-refractivity contribution in [3.63, 3.8) is 0 Å². The Morgan fingerprint density at radius 3 is 2.45 bits per heavy atom. The van der Waals surface area contributed by atoms with E-state index in [1.165, 1.54) is 16.8 Å². The maximum atomic E-state index is 13.4. The molecule has 7 nitrogen and oxygen atoms in total. The van der Waals surface area contributed by atoms with Gasteiger partial charge in [-0.15, -0.1) is 0 Å². The summed E-state index contributed by atoms with van der Waals surface area (Å²) in [5, 5.41) is 2.99. The fourth-order valence-corrected chi connectivity index (χ4v) is 7.07. The van der Waals surface area contributed by atoms with Crippen molar-refractivity contribution in [2.45, 2.75) is 37.5 Å². The van der Waals surface area contributed by atoms with Crippen molar-refractivity contribution in [1.82, 2.24) is 9.62 Å². The van der Waals surface area contributed by atoms with Crippen LogP contribution in [0.3, 0.4) is 0 Å². The molecule has 2 amide bonds. The fourth-order valence-electron chi connectivity index (χ4n) is 4.53. The van der Waals surface area contributed by atoms with Crippen LogP contribution in [0.5, 0.6) is 0 Å². The fraction of sp³-hybridized carbons (Fsp3) is 0.417. The topological polar surface area (TPSA) is 86.8 Å². The molecule has 1 saturated heterocycles. The number of sulfonamides is 1. The third kappa shape index (κ3) is 5.15. The van der Waals surface area contributed by atoms with E-state index in [0.29, 0.717) is 55.6 Å². The highest BCUT2D eigenvalue weighted by atomic mass is 79.9. The van der Waals surface area contributed by atoms with E-state index in [0.717, 1.165) is 12.0 Å². The number of nitrogens with zero attached hydrogens (tertiary/aromatic N) is 2. The highest BCUT2D eigenvalue weighted by molar-refractivity contribution is 9.10. The Morgan fingerprint density at radius 2 is 1.79 bits per heavy atom. The first-order chi connectivity index (χ1) is 15.8. The summed E-state index contributed by atoms with van der Waals surface area (Å²) in [4.78, 5) is 26.3. The minimum atomic E-state index is -3.75. The molecule has 1 N–H and O–H groups in total. The minimum Gasteiger partial charge on any atom is -0.356 e. The van der Waals surface area contributed by atoms with Gasteiger partial charge in [0.15, 0.2) is 0 Å². The number of nitrogens with one attached hydrogen (secondary N) is 1. The van der Waals surface area contributed by atoms with Crippen LogP contribution in [0, 0.1) is 5.92 Å². The molecule has 0 spiro atoms. The number of anilines is 1. The monoisotopic (exact) mass is 533 g/mol. The first-order valence-electron chi connectivity index (χ1n) is 11.2. The molecule has 9 heteroatoms. The summed E-state index contributed by atoms with van der Waals surface area (Å²) in [5.74, 6) is -0.304. The third-order valence-electron chi connectivity index (χ3n) is 6.41. The zero-order valence-corrected chi connectivity index (χ0v) is 21.0. The quantitative estimate of drug-likeness (QED) is 0.617. The van der Waals surface area contributed by atoms with Crippen LogP contribution in [0.15, 0.2) is 51.8 Å². The Bertz CT molecular complexity index is 1150. The zero-order valence-electron chi connectivity index (χ0n) is 18.6. The van der Waals surface area contributed by atoms with Crippen molar-refractivity contribution >= 4 is 43.5 Å². The molecule has 176 valence electrons. The lowest BCUT2D eigenvalue weighted by Crippen LogP contribution is -2.43. The number of carbonyl (C=O) groups excluding carboxylic acids is 2. The molecule has 2 aromatic carbocycles. The number of piperidine rings is 1. The molecule has 0 aliphatic carbocycles. The SMILES string of the molecule is CC(=O)N1CCc2cc(Br)c(S(=O)(=O)N3CCC(C(=O)NCCc4ccccc4)CC3)cc21. The van der Waals surface area contributed by atoms with Gasteiger partial charge in [-0.25, -0.2) is 8.42 Å². The van der Waals surface area contributed by atoms with Gasteiger partial charge in [0, 0.05) is 49.2 Å². The largest absolute Gasteiger partial charge is 0.356 e. The average molecular weight is 534 g/mol. The maximum absolute atomic E-state index is 13.4. The zero-order chi connectivity index (χ0) is 23.6. The highest BCUT2D eigenvalue weighted by Gasteiger charge is 2.34. The number of rotatable bonds is 6. The van der Waals surface area contributed by atoms with Crippen molar-refractivity contribution in [1.29, 1.82) is 0 Å². The molecule has 2 aliphatic rings. The number of hydrogen-bond acceptors (Lipinski definition) is 4. The van der Waals surface area contributed by atoms with E-state index in [1.54, 1.807) is 17.0 Å². The van der Waals surface area contributed by atoms with Crippen molar-refractivity contribution in [2.24, 2.45) is 5.92 Å². The molecular formula is C24H28BrN3O4S. The predicted molar refractivity (Wildman–Crippen MR) is 131 cm³/mol. The summed E-state index contributed by atoms with van der Waals surface area (Å²) >= 11 is 3.42. The Hall–Kier alpha value is -2.23. The van der Waals surface area contributed by atoms with Crippen molar-refractivity contribution in [2.75, 3.05) is 31.1 Å². The Kier molecular flexibility index (Phi) is 7.21. The van der Waals surface area contributed by atoms with E-state index in [2.05, 4.69) is 21.2 Å². The lowest BCUT2D eigenvalue weighted by atomic mass is 9.97. The predicted octanol–water partition coefficient (Wildman–Crippen LogP) is 3.12. The number of benzene rings is 2. The number of hydrogen-bond donors (Lipinski definition) is 1. The van der Waals surface area contributed by atoms with E-state index >= 15 is 0 Å². The summed E-state index contributed by atoms with van der Waals surface area (Å²) in [6, 6.07) is 13.4. The molecule has 33 heavy (non-hydrogen) atoms. The first kappa shape index (κ1) is 23.9. The van der Waals surface area contributed by atoms with E-state index < -0.39 is 10.0 Å². The molecule has 0 unspecified atom stereocenters. The summed E-state index contributed by atoms with van der Waals surface area (Å²) in [6.45, 7) is 3.20. The van der Waals surface area contributed by atoms with Gasteiger partial charge in [0.25, 0.3) is 0 Å². The second-order valence-electron chi connectivity index (χ2n) is 8.54. The van der Waals surface area contributed by atoms with Crippen LogP contribution in [0.2, 0.25) is 0 Å². The normalized spacial score (nSPS) is 17.1. The van der Waals surface area contributed by atoms with Crippen LogP contribution in [0.4, 0.5) is 5.69 Å². The van der Waals surface area contributed by atoms with Crippen LogP contribution in [-0.2, 0) is 32.5 Å². The lowest BCUT2D eigenvalue weighted by Gasteiger charge is -2.31. The highest BCUT2D eigenvalue weighted by Crippen LogP contribution is 2.37. The summed E-state index contributed by atoms with van der Waals surface area (Å²) in [6.07, 6.45) is 2.44. The molecule has 0 bridgehead atoms. The molecule has 2 aromatic rings. The number of halogens is 1. The Morgan fingerprint density at radius 1 is 1.09 bits per heavy atom. The average Bonchev–Trinajstić information content (AvgIpc) is 3.22. The van der Waals surface area contributed by atoms with Gasteiger partial charge in [0.1, 0.15) is 0 Å². The molecule has 0 saturated carbocycles. The van der Waals surface area contributed by atoms with Gasteiger partial charge in [-0.05, 0) is 64.9 Å². The van der Waals surface area contributed by atoms with Crippen molar-refractivity contribution < 1.29 is 18.0 Å². The molecule has 0 atom stereocenters. The molecule has 2 heterocycles. The van der Waals surface area contributed by atoms with E-state index in [9.17, 15) is 18.0 Å². The van der Waals surface area contributed by atoms with Gasteiger partial charge in [-0.1, -0.05) is 30.3 Å². The molecular weight excluding hydrogens is 506 g/mol. The smallest absolute Gasteiger partial charge is 0.244 e. The second-order valence-corrected chi connectivity index (χ2v) is 11.3. The van der Waals surface area contributed by atoms with E-state index in [-0.39, 0.29) is 22.6 Å². The van der Waals surface area contributed by atoms with Crippen LogP contribution in [-0.4, -0.2) is 50.7 Å². The van der Waals surface area contributed by atoms with Crippen molar-refractivity contribution in [3.05, 3.63) is 58.1 Å². The van der Waals surface area contributed by atoms with E-state index in [1.807, 2.05) is 30.3 Å². The van der Waals surface area contributed by atoms with Gasteiger partial charge in [0.05, 0.1) is 4.90 Å². The van der Waals surface area contributed by atoms with Crippen LogP contribution >= 0.6 is 15.9 Å². The van der Waals surface area contributed by atoms with Gasteiger partial charge in [0.2, 0.25) is 21.8 Å². The Balaban J connectivity index is 1.38. The second kappa shape index (κ2) is 9.95.